The molecule has 0 aliphatic carbocycles. The summed E-state index contributed by atoms with van der Waals surface area (Å²) in [7, 11) is 0. The zero-order valence-electron chi connectivity index (χ0n) is 11.9. The van der Waals surface area contributed by atoms with Gasteiger partial charge in [0.15, 0.2) is 0 Å². The van der Waals surface area contributed by atoms with Crippen molar-refractivity contribution in [2.45, 2.75) is 20.8 Å². The second-order valence-electron chi connectivity index (χ2n) is 4.89. The molecule has 2 nitrogen and oxygen atoms in total. The molecule has 0 bridgehead atoms. The van der Waals surface area contributed by atoms with E-state index in [-0.39, 0.29) is 5.91 Å². The molecule has 0 aliphatic heterocycles. The van der Waals surface area contributed by atoms with Gasteiger partial charge in [-0.25, -0.2) is 0 Å². The molecular formula is C16H14BrCl2NO. The number of benzene rings is 2. The molecule has 0 fully saturated rings. The topological polar surface area (TPSA) is 29.1 Å². The Labute approximate surface area is 142 Å². The molecule has 0 heterocycles. The van der Waals surface area contributed by atoms with E-state index < -0.39 is 0 Å². The Morgan fingerprint density at radius 1 is 0.952 bits per heavy atom. The summed E-state index contributed by atoms with van der Waals surface area (Å²) < 4.78 is 0.917. The minimum atomic E-state index is -0.186. The minimum absolute atomic E-state index is 0.186. The maximum Gasteiger partial charge on any atom is 0.255 e. The van der Waals surface area contributed by atoms with E-state index in [1.165, 1.54) is 0 Å². The Kier molecular flexibility index (Phi) is 4.97. The third kappa shape index (κ3) is 3.60. The smallest absolute Gasteiger partial charge is 0.255 e. The second kappa shape index (κ2) is 6.39. The highest BCUT2D eigenvalue weighted by molar-refractivity contribution is 9.10. The zero-order chi connectivity index (χ0) is 15.7. The molecule has 21 heavy (non-hydrogen) atoms. The summed E-state index contributed by atoms with van der Waals surface area (Å²) in [5.74, 6) is -0.186. The summed E-state index contributed by atoms with van der Waals surface area (Å²) in [6, 6.07) is 6.78. The van der Waals surface area contributed by atoms with Crippen LogP contribution < -0.4 is 5.32 Å². The van der Waals surface area contributed by atoms with Crippen molar-refractivity contribution in [3.8, 4) is 0 Å². The van der Waals surface area contributed by atoms with Crippen LogP contribution in [-0.2, 0) is 0 Å². The molecule has 0 aromatic heterocycles. The summed E-state index contributed by atoms with van der Waals surface area (Å²) in [4.78, 5) is 12.5. The van der Waals surface area contributed by atoms with Gasteiger partial charge in [0, 0.05) is 25.8 Å². The van der Waals surface area contributed by atoms with E-state index in [9.17, 15) is 4.79 Å². The van der Waals surface area contributed by atoms with Gasteiger partial charge < -0.3 is 5.32 Å². The van der Waals surface area contributed by atoms with E-state index in [2.05, 4.69) is 21.2 Å². The van der Waals surface area contributed by atoms with Crippen molar-refractivity contribution in [1.29, 1.82) is 0 Å². The van der Waals surface area contributed by atoms with Gasteiger partial charge in [-0.2, -0.15) is 0 Å². The summed E-state index contributed by atoms with van der Waals surface area (Å²) in [6.45, 7) is 5.96. The highest BCUT2D eigenvalue weighted by Gasteiger charge is 2.15. The van der Waals surface area contributed by atoms with Gasteiger partial charge in [0.05, 0.1) is 0 Å². The lowest BCUT2D eigenvalue weighted by Crippen LogP contribution is -2.14. The number of nitrogens with one attached hydrogen (secondary N) is 1. The van der Waals surface area contributed by atoms with Gasteiger partial charge in [0.1, 0.15) is 0 Å². The van der Waals surface area contributed by atoms with E-state index in [1.54, 1.807) is 18.2 Å². The largest absolute Gasteiger partial charge is 0.322 e. The molecule has 1 N–H and O–H groups in total. The number of hydrogen-bond donors (Lipinski definition) is 1. The number of anilines is 1. The van der Waals surface area contributed by atoms with Crippen LogP contribution in [0.3, 0.4) is 0 Å². The maximum absolute atomic E-state index is 12.5. The predicted octanol–water partition coefficient (Wildman–Crippen LogP) is 5.93. The quantitative estimate of drug-likeness (QED) is 0.680. The fraction of sp³-hybridized carbons (Fsp3) is 0.188. The first kappa shape index (κ1) is 16.3. The van der Waals surface area contributed by atoms with Crippen LogP contribution in [0.2, 0.25) is 10.0 Å². The standard InChI is InChI=1S/C16H14BrCl2NO/c1-8-9(2)14(7-15(17)10(8)3)16(21)20-13-5-11(18)4-12(19)6-13/h4-7H,1-3H3,(H,20,21). The average molecular weight is 387 g/mol. The molecule has 0 aliphatic rings. The molecule has 0 saturated carbocycles. The minimum Gasteiger partial charge on any atom is -0.322 e. The molecule has 0 spiro atoms. The van der Waals surface area contributed by atoms with Crippen LogP contribution in [0, 0.1) is 20.8 Å². The molecule has 5 heteroatoms. The SMILES string of the molecule is Cc1c(Br)cc(C(=O)Nc2cc(Cl)cc(Cl)c2)c(C)c1C. The summed E-state index contributed by atoms with van der Waals surface area (Å²) in [6.07, 6.45) is 0. The first-order chi connectivity index (χ1) is 9.79. The Balaban J connectivity index is 2.37. The normalized spacial score (nSPS) is 10.6. The summed E-state index contributed by atoms with van der Waals surface area (Å²) in [5, 5.41) is 3.79. The van der Waals surface area contributed by atoms with Crippen molar-refractivity contribution < 1.29 is 4.79 Å². The van der Waals surface area contributed by atoms with E-state index in [0.717, 1.165) is 21.2 Å². The lowest BCUT2D eigenvalue weighted by molar-refractivity contribution is 0.102. The third-order valence-electron chi connectivity index (χ3n) is 3.52. The van der Waals surface area contributed by atoms with Crippen molar-refractivity contribution in [1.82, 2.24) is 0 Å². The van der Waals surface area contributed by atoms with Gasteiger partial charge in [-0.1, -0.05) is 39.1 Å². The first-order valence-electron chi connectivity index (χ1n) is 6.33. The van der Waals surface area contributed by atoms with Gasteiger partial charge in [-0.15, -0.1) is 0 Å². The molecule has 0 atom stereocenters. The molecule has 2 rings (SSSR count). The van der Waals surface area contributed by atoms with Crippen LogP contribution in [0.5, 0.6) is 0 Å². The zero-order valence-corrected chi connectivity index (χ0v) is 14.9. The van der Waals surface area contributed by atoms with E-state index >= 15 is 0 Å². The Bertz CT molecular complexity index is 708. The van der Waals surface area contributed by atoms with Crippen molar-refractivity contribution in [3.63, 3.8) is 0 Å². The van der Waals surface area contributed by atoms with E-state index in [4.69, 9.17) is 23.2 Å². The fourth-order valence-electron chi connectivity index (χ4n) is 2.07. The van der Waals surface area contributed by atoms with Gasteiger partial charge in [0.2, 0.25) is 0 Å². The third-order valence-corrected chi connectivity index (χ3v) is 4.78. The molecule has 2 aromatic carbocycles. The Morgan fingerprint density at radius 2 is 1.52 bits per heavy atom. The van der Waals surface area contributed by atoms with Gasteiger partial charge >= 0.3 is 0 Å². The van der Waals surface area contributed by atoms with Crippen LogP contribution in [-0.4, -0.2) is 5.91 Å². The Hall–Kier alpha value is -1.03. The number of amides is 1. The van der Waals surface area contributed by atoms with Crippen LogP contribution in [0.25, 0.3) is 0 Å². The fourth-order valence-corrected chi connectivity index (χ4v) is 3.12. The van der Waals surface area contributed by atoms with Crippen molar-refractivity contribution in [3.05, 3.63) is 61.0 Å². The monoisotopic (exact) mass is 385 g/mol. The molecule has 0 unspecified atom stereocenters. The van der Waals surface area contributed by atoms with Crippen LogP contribution in [0.15, 0.2) is 28.7 Å². The van der Waals surface area contributed by atoms with Gasteiger partial charge in [0.25, 0.3) is 5.91 Å². The summed E-state index contributed by atoms with van der Waals surface area (Å²) >= 11 is 15.4. The Morgan fingerprint density at radius 3 is 2.10 bits per heavy atom. The number of carbonyl (C=O) groups is 1. The van der Waals surface area contributed by atoms with Crippen LogP contribution in [0.4, 0.5) is 5.69 Å². The lowest BCUT2D eigenvalue weighted by atomic mass is 9.98. The maximum atomic E-state index is 12.5. The van der Waals surface area contributed by atoms with E-state index in [0.29, 0.717) is 21.3 Å². The van der Waals surface area contributed by atoms with Gasteiger partial charge in [-0.05, 0) is 61.7 Å². The average Bonchev–Trinajstić information content (AvgIpc) is 2.39. The molecular weight excluding hydrogens is 373 g/mol. The summed E-state index contributed by atoms with van der Waals surface area (Å²) in [5.41, 5.74) is 4.39. The van der Waals surface area contributed by atoms with Crippen LogP contribution in [0.1, 0.15) is 27.0 Å². The number of halogens is 3. The lowest BCUT2D eigenvalue weighted by Gasteiger charge is -2.13. The van der Waals surface area contributed by atoms with Gasteiger partial charge in [-0.3, -0.25) is 4.79 Å². The molecule has 2 aromatic rings. The molecule has 0 saturated heterocycles. The van der Waals surface area contributed by atoms with Crippen molar-refractivity contribution in [2.24, 2.45) is 0 Å². The first-order valence-corrected chi connectivity index (χ1v) is 7.88. The molecule has 110 valence electrons. The molecule has 1 amide bonds. The number of hydrogen-bond acceptors (Lipinski definition) is 1. The highest BCUT2D eigenvalue weighted by atomic mass is 79.9. The number of rotatable bonds is 2. The second-order valence-corrected chi connectivity index (χ2v) is 6.62. The predicted molar refractivity (Wildman–Crippen MR) is 92.8 cm³/mol. The van der Waals surface area contributed by atoms with Crippen molar-refractivity contribution >= 4 is 50.7 Å². The van der Waals surface area contributed by atoms with E-state index in [1.807, 2.05) is 26.8 Å². The number of carbonyl (C=O) groups excluding carboxylic acids is 1. The molecule has 0 radical (unpaired) electrons. The highest BCUT2D eigenvalue weighted by Crippen LogP contribution is 2.27. The van der Waals surface area contributed by atoms with Crippen molar-refractivity contribution in [2.75, 3.05) is 5.32 Å². The van der Waals surface area contributed by atoms with Crippen LogP contribution >= 0.6 is 39.1 Å².